The van der Waals surface area contributed by atoms with E-state index >= 15 is 0 Å². The monoisotopic (exact) mass is 483 g/mol. The van der Waals surface area contributed by atoms with Crippen LogP contribution in [0.5, 0.6) is 11.5 Å². The fourth-order valence-electron chi connectivity index (χ4n) is 5.67. The average molecular weight is 483 g/mol. The van der Waals surface area contributed by atoms with Gasteiger partial charge in [0.25, 0.3) is 0 Å². The van der Waals surface area contributed by atoms with Crippen LogP contribution in [0.25, 0.3) is 0 Å². The van der Waals surface area contributed by atoms with E-state index in [-0.39, 0.29) is 22.6 Å². The number of rotatable bonds is 4. The van der Waals surface area contributed by atoms with Gasteiger partial charge in [0.2, 0.25) is 29.0 Å². The molecule has 3 atom stereocenters. The van der Waals surface area contributed by atoms with Gasteiger partial charge in [0, 0.05) is 17.2 Å². The summed E-state index contributed by atoms with van der Waals surface area (Å²) in [7, 11) is 2.91. The van der Waals surface area contributed by atoms with Gasteiger partial charge >= 0.3 is 0 Å². The number of benzene rings is 3. The molecule has 36 heavy (non-hydrogen) atoms. The molecule has 3 aliphatic rings. The lowest BCUT2D eigenvalue weighted by atomic mass is 9.77. The van der Waals surface area contributed by atoms with Crippen molar-refractivity contribution in [1.82, 2.24) is 0 Å². The predicted octanol–water partition coefficient (Wildman–Crippen LogP) is 3.40. The van der Waals surface area contributed by atoms with Gasteiger partial charge in [-0.15, -0.1) is 0 Å². The first kappa shape index (κ1) is 22.2. The Kier molecular flexibility index (Phi) is 4.84. The second kappa shape index (κ2) is 7.86. The summed E-state index contributed by atoms with van der Waals surface area (Å²) in [6, 6.07) is 20.0. The SMILES string of the molecule is COc1ccc(N2C(=O)[C@H]3[C@@H](C2=O)C2(O[C@H]3c3ccccc3)C(=O)c3ccccc3C2=O)c(OC)c1. The van der Waals surface area contributed by atoms with Crippen molar-refractivity contribution >= 4 is 29.1 Å². The fraction of sp³-hybridized carbons (Fsp3) is 0.214. The van der Waals surface area contributed by atoms with Crippen molar-refractivity contribution in [3.63, 3.8) is 0 Å². The molecule has 0 aromatic heterocycles. The molecule has 1 spiro atoms. The zero-order valence-corrected chi connectivity index (χ0v) is 19.5. The summed E-state index contributed by atoms with van der Waals surface area (Å²) in [4.78, 5) is 56.6. The minimum Gasteiger partial charge on any atom is -0.497 e. The molecule has 2 fully saturated rings. The molecule has 3 aromatic carbocycles. The van der Waals surface area contributed by atoms with E-state index in [4.69, 9.17) is 14.2 Å². The topological polar surface area (TPSA) is 99.2 Å². The molecule has 0 bridgehead atoms. The summed E-state index contributed by atoms with van der Waals surface area (Å²) in [5.74, 6) is -4.11. The third-order valence-electron chi connectivity index (χ3n) is 7.27. The third-order valence-corrected chi connectivity index (χ3v) is 7.27. The molecule has 180 valence electrons. The standard InChI is InChI=1S/C28H21NO7/c1-34-16-12-13-19(20(14-16)35-2)29-26(32)21-22(27(29)33)28(36-23(21)15-8-4-3-5-9-15)24(30)17-10-6-7-11-18(17)25(28)31/h3-14,21-23H,1-2H3/t21-,22-,23-/m0/s1. The van der Waals surface area contributed by atoms with Crippen molar-refractivity contribution in [1.29, 1.82) is 0 Å². The van der Waals surface area contributed by atoms with E-state index in [0.29, 0.717) is 11.3 Å². The van der Waals surface area contributed by atoms with Gasteiger partial charge in [-0.25, -0.2) is 4.90 Å². The number of amides is 2. The van der Waals surface area contributed by atoms with E-state index in [1.807, 2.05) is 6.07 Å². The predicted molar refractivity (Wildman–Crippen MR) is 127 cm³/mol. The summed E-state index contributed by atoms with van der Waals surface area (Å²) in [6.07, 6.45) is -0.968. The number of methoxy groups -OCH3 is 2. The Bertz CT molecular complexity index is 1410. The van der Waals surface area contributed by atoms with Gasteiger partial charge in [0.05, 0.1) is 37.8 Å². The highest BCUT2D eigenvalue weighted by Gasteiger charge is 2.74. The zero-order chi connectivity index (χ0) is 25.2. The Balaban J connectivity index is 1.54. The summed E-state index contributed by atoms with van der Waals surface area (Å²) in [6.45, 7) is 0. The van der Waals surface area contributed by atoms with E-state index in [1.165, 1.54) is 14.2 Å². The lowest BCUT2D eigenvalue weighted by molar-refractivity contribution is -0.127. The van der Waals surface area contributed by atoms with Crippen molar-refractivity contribution in [3.8, 4) is 11.5 Å². The zero-order valence-electron chi connectivity index (χ0n) is 19.5. The van der Waals surface area contributed by atoms with Crippen LogP contribution < -0.4 is 14.4 Å². The minimum atomic E-state index is -2.12. The molecule has 2 saturated heterocycles. The van der Waals surface area contributed by atoms with Crippen LogP contribution in [0.3, 0.4) is 0 Å². The first-order valence-electron chi connectivity index (χ1n) is 11.4. The van der Waals surface area contributed by atoms with Crippen LogP contribution >= 0.6 is 0 Å². The van der Waals surface area contributed by atoms with Gasteiger partial charge in [0.15, 0.2) is 0 Å². The van der Waals surface area contributed by atoms with Gasteiger partial charge in [-0.2, -0.15) is 0 Å². The highest BCUT2D eigenvalue weighted by Crippen LogP contribution is 2.58. The van der Waals surface area contributed by atoms with Crippen molar-refractivity contribution in [2.45, 2.75) is 11.7 Å². The maximum absolute atomic E-state index is 14.0. The Morgan fingerprint density at radius 1 is 0.778 bits per heavy atom. The smallest absolute Gasteiger partial charge is 0.241 e. The molecule has 2 heterocycles. The molecule has 8 heteroatoms. The lowest BCUT2D eigenvalue weighted by Crippen LogP contribution is -2.51. The second-order valence-corrected chi connectivity index (χ2v) is 8.94. The number of fused-ring (bicyclic) bond motifs is 3. The van der Waals surface area contributed by atoms with Crippen LogP contribution in [0.4, 0.5) is 5.69 Å². The fourth-order valence-corrected chi connectivity index (χ4v) is 5.67. The molecule has 2 amide bonds. The number of hydrogen-bond donors (Lipinski definition) is 0. The van der Waals surface area contributed by atoms with Crippen LogP contribution in [0.1, 0.15) is 32.4 Å². The van der Waals surface area contributed by atoms with Gasteiger partial charge in [-0.1, -0.05) is 54.6 Å². The van der Waals surface area contributed by atoms with E-state index in [9.17, 15) is 19.2 Å². The van der Waals surface area contributed by atoms with Crippen molar-refractivity contribution in [2.24, 2.45) is 11.8 Å². The Morgan fingerprint density at radius 2 is 1.42 bits per heavy atom. The van der Waals surface area contributed by atoms with Crippen molar-refractivity contribution in [3.05, 3.63) is 89.5 Å². The average Bonchev–Trinajstić information content (AvgIpc) is 3.48. The second-order valence-electron chi connectivity index (χ2n) is 8.94. The first-order valence-corrected chi connectivity index (χ1v) is 11.4. The number of nitrogens with zero attached hydrogens (tertiary/aromatic N) is 1. The Morgan fingerprint density at radius 3 is 2.03 bits per heavy atom. The van der Waals surface area contributed by atoms with Crippen LogP contribution in [0.15, 0.2) is 72.8 Å². The number of carbonyl (C=O) groups excluding carboxylic acids is 4. The Hall–Kier alpha value is -4.30. The molecular formula is C28H21NO7. The summed E-state index contributed by atoms with van der Waals surface area (Å²) in [5, 5.41) is 0. The number of ketones is 2. The maximum atomic E-state index is 14.0. The van der Waals surface area contributed by atoms with E-state index in [0.717, 1.165) is 4.90 Å². The summed E-state index contributed by atoms with van der Waals surface area (Å²) in [5.41, 5.74) is -0.923. The maximum Gasteiger partial charge on any atom is 0.241 e. The molecule has 3 aromatic rings. The van der Waals surface area contributed by atoms with Gasteiger partial charge in [-0.05, 0) is 17.7 Å². The highest BCUT2D eigenvalue weighted by atomic mass is 16.5. The van der Waals surface area contributed by atoms with Crippen LogP contribution in [-0.4, -0.2) is 43.2 Å². The van der Waals surface area contributed by atoms with Gasteiger partial charge in [0.1, 0.15) is 11.5 Å². The van der Waals surface area contributed by atoms with Gasteiger partial charge < -0.3 is 14.2 Å². The number of anilines is 1. The van der Waals surface area contributed by atoms with Crippen LogP contribution in [0, 0.1) is 11.8 Å². The number of carbonyl (C=O) groups is 4. The van der Waals surface area contributed by atoms with Crippen molar-refractivity contribution in [2.75, 3.05) is 19.1 Å². The molecule has 0 N–H and O–H groups in total. The molecule has 6 rings (SSSR count). The molecule has 1 aliphatic carbocycles. The molecule has 8 nitrogen and oxygen atoms in total. The number of imide groups is 1. The minimum absolute atomic E-state index is 0.190. The molecule has 0 radical (unpaired) electrons. The van der Waals surface area contributed by atoms with Gasteiger partial charge in [-0.3, -0.25) is 19.2 Å². The highest BCUT2D eigenvalue weighted by molar-refractivity contribution is 6.37. The number of hydrogen-bond acceptors (Lipinski definition) is 7. The summed E-state index contributed by atoms with van der Waals surface area (Å²) < 4.78 is 17.0. The van der Waals surface area contributed by atoms with Crippen LogP contribution in [0.2, 0.25) is 0 Å². The number of ether oxygens (including phenoxy) is 3. The number of Topliss-reactive ketones (excluding diaryl/α,β-unsaturated/α-hetero) is 2. The Labute approximate surface area is 206 Å². The normalized spacial score (nSPS) is 23.8. The van der Waals surface area contributed by atoms with Crippen LogP contribution in [-0.2, 0) is 14.3 Å². The largest absolute Gasteiger partial charge is 0.497 e. The van der Waals surface area contributed by atoms with E-state index < -0.39 is 46.9 Å². The quantitative estimate of drug-likeness (QED) is 0.414. The molecular weight excluding hydrogens is 462 g/mol. The first-order chi connectivity index (χ1) is 17.4. The van der Waals surface area contributed by atoms with Crippen molar-refractivity contribution < 1.29 is 33.4 Å². The third kappa shape index (κ3) is 2.73. The molecule has 0 saturated carbocycles. The molecule has 0 unspecified atom stereocenters. The van der Waals surface area contributed by atoms with E-state index in [1.54, 1.807) is 66.7 Å². The summed E-state index contributed by atoms with van der Waals surface area (Å²) >= 11 is 0. The lowest BCUT2D eigenvalue weighted by Gasteiger charge is -2.27. The molecule has 2 aliphatic heterocycles. The van der Waals surface area contributed by atoms with E-state index in [2.05, 4.69) is 0 Å².